The highest BCUT2D eigenvalue weighted by atomic mass is 32.2. The van der Waals surface area contributed by atoms with E-state index < -0.39 is 0 Å². The Balaban J connectivity index is 1.33. The number of amides is 1. The first kappa shape index (κ1) is 20.3. The molecule has 1 amide bonds. The number of nitrogens with zero attached hydrogens (tertiary/aromatic N) is 1. The van der Waals surface area contributed by atoms with Gasteiger partial charge in [0.2, 0.25) is 0 Å². The molecule has 30 heavy (non-hydrogen) atoms. The van der Waals surface area contributed by atoms with Crippen LogP contribution in [0.1, 0.15) is 21.8 Å². The van der Waals surface area contributed by atoms with Crippen molar-refractivity contribution < 1.29 is 18.7 Å². The molecular formula is C22H20N2O4S2. The Morgan fingerprint density at radius 3 is 2.60 bits per heavy atom. The highest BCUT2D eigenvalue weighted by Gasteiger charge is 2.14. The number of anilines is 1. The normalized spacial score (nSPS) is 10.9. The maximum Gasteiger partial charge on any atom is 0.293 e. The van der Waals surface area contributed by atoms with E-state index >= 15 is 0 Å². The van der Waals surface area contributed by atoms with Crippen LogP contribution in [0.3, 0.4) is 0 Å². The van der Waals surface area contributed by atoms with Crippen molar-refractivity contribution >= 4 is 45.1 Å². The summed E-state index contributed by atoms with van der Waals surface area (Å²) in [4.78, 5) is 16.9. The number of thiazole rings is 1. The molecule has 4 aromatic rings. The summed E-state index contributed by atoms with van der Waals surface area (Å²) in [7, 11) is 3.28. The molecule has 0 spiro atoms. The third-order valence-electron chi connectivity index (χ3n) is 4.35. The molecule has 0 radical (unpaired) electrons. The van der Waals surface area contributed by atoms with Crippen molar-refractivity contribution in [1.82, 2.24) is 4.98 Å². The van der Waals surface area contributed by atoms with Gasteiger partial charge in [0.05, 0.1) is 19.9 Å². The Kier molecular flexibility index (Phi) is 6.25. The second kappa shape index (κ2) is 9.23. The van der Waals surface area contributed by atoms with Gasteiger partial charge in [-0.1, -0.05) is 18.2 Å². The van der Waals surface area contributed by atoms with Gasteiger partial charge in [-0.15, -0.1) is 11.3 Å². The molecule has 2 aromatic heterocycles. The molecule has 0 atom stereocenters. The summed E-state index contributed by atoms with van der Waals surface area (Å²) in [6.45, 7) is 0. The molecule has 0 aliphatic heterocycles. The van der Waals surface area contributed by atoms with Crippen LogP contribution < -0.4 is 14.8 Å². The molecule has 6 nitrogen and oxygen atoms in total. The maximum absolute atomic E-state index is 12.4. The lowest BCUT2D eigenvalue weighted by atomic mass is 10.2. The molecule has 8 heteroatoms. The number of hydrogen-bond donors (Lipinski definition) is 1. The van der Waals surface area contributed by atoms with E-state index in [9.17, 15) is 4.79 Å². The van der Waals surface area contributed by atoms with E-state index in [-0.39, 0.29) is 11.7 Å². The van der Waals surface area contributed by atoms with Crippen LogP contribution in [-0.4, -0.2) is 25.1 Å². The van der Waals surface area contributed by atoms with Crippen molar-refractivity contribution in [3.05, 3.63) is 70.9 Å². The first-order valence-corrected chi connectivity index (χ1v) is 11.2. The van der Waals surface area contributed by atoms with E-state index in [1.54, 1.807) is 32.0 Å². The summed E-state index contributed by atoms with van der Waals surface area (Å²) in [5.41, 5.74) is 2.72. The Morgan fingerprint density at radius 1 is 1.10 bits per heavy atom. The Labute approximate surface area is 182 Å². The predicted molar refractivity (Wildman–Crippen MR) is 121 cm³/mol. The van der Waals surface area contributed by atoms with Gasteiger partial charge < -0.3 is 13.9 Å². The van der Waals surface area contributed by atoms with Crippen LogP contribution in [0.2, 0.25) is 0 Å². The third kappa shape index (κ3) is 4.77. The molecule has 0 aliphatic carbocycles. The number of thioether (sulfide) groups is 1. The Morgan fingerprint density at radius 2 is 1.87 bits per heavy atom. The minimum Gasteiger partial charge on any atom is -0.497 e. The van der Waals surface area contributed by atoms with E-state index in [0.717, 1.165) is 39.6 Å². The fraction of sp³-hybridized carbons (Fsp3) is 0.182. The quantitative estimate of drug-likeness (QED) is 0.385. The maximum atomic E-state index is 12.4. The van der Waals surface area contributed by atoms with Gasteiger partial charge in [0, 0.05) is 28.3 Å². The topological polar surface area (TPSA) is 73.6 Å². The molecule has 0 aliphatic rings. The summed E-state index contributed by atoms with van der Waals surface area (Å²) in [6, 6.07) is 15.1. The predicted octanol–water partition coefficient (Wildman–Crippen LogP) is 5.59. The molecule has 4 rings (SSSR count). The molecule has 2 aromatic carbocycles. The molecule has 0 unspecified atom stereocenters. The van der Waals surface area contributed by atoms with Gasteiger partial charge in [0.25, 0.3) is 5.91 Å². The van der Waals surface area contributed by atoms with Crippen LogP contribution in [0.5, 0.6) is 11.5 Å². The highest BCUT2D eigenvalue weighted by Crippen LogP contribution is 2.27. The number of ether oxygens (including phenoxy) is 2. The van der Waals surface area contributed by atoms with Crippen LogP contribution in [0, 0.1) is 0 Å². The van der Waals surface area contributed by atoms with Crippen molar-refractivity contribution in [2.45, 2.75) is 11.5 Å². The number of carbonyl (C=O) groups excluding carboxylic acids is 1. The summed E-state index contributed by atoms with van der Waals surface area (Å²) in [5.74, 6) is 3.04. The van der Waals surface area contributed by atoms with Gasteiger partial charge in [0.1, 0.15) is 17.1 Å². The van der Waals surface area contributed by atoms with E-state index in [2.05, 4.69) is 10.3 Å². The van der Waals surface area contributed by atoms with Gasteiger partial charge in [0.15, 0.2) is 10.9 Å². The summed E-state index contributed by atoms with van der Waals surface area (Å²) in [6.07, 6.45) is 0. The molecule has 1 N–H and O–H groups in total. The van der Waals surface area contributed by atoms with Gasteiger partial charge in [-0.2, -0.15) is 11.8 Å². The average molecular weight is 441 g/mol. The smallest absolute Gasteiger partial charge is 0.293 e. The number of nitrogens with one attached hydrogen (secondary N) is 1. The number of furan rings is 1. The first-order chi connectivity index (χ1) is 14.6. The zero-order valence-corrected chi connectivity index (χ0v) is 18.1. The molecule has 154 valence electrons. The van der Waals surface area contributed by atoms with Crippen LogP contribution in [0.25, 0.3) is 11.0 Å². The molecule has 0 saturated heterocycles. The zero-order valence-electron chi connectivity index (χ0n) is 16.5. The van der Waals surface area contributed by atoms with E-state index in [4.69, 9.17) is 13.9 Å². The van der Waals surface area contributed by atoms with Crippen molar-refractivity contribution in [3.8, 4) is 11.5 Å². The fourth-order valence-electron chi connectivity index (χ4n) is 2.91. The van der Waals surface area contributed by atoms with E-state index in [1.807, 2.05) is 47.8 Å². The van der Waals surface area contributed by atoms with E-state index in [0.29, 0.717) is 10.7 Å². The van der Waals surface area contributed by atoms with Crippen LogP contribution in [0.4, 0.5) is 5.13 Å². The van der Waals surface area contributed by atoms with Crippen LogP contribution in [-0.2, 0) is 11.5 Å². The lowest BCUT2D eigenvalue weighted by Gasteiger charge is -2.08. The summed E-state index contributed by atoms with van der Waals surface area (Å²) < 4.78 is 16.2. The van der Waals surface area contributed by atoms with Gasteiger partial charge in [-0.3, -0.25) is 10.1 Å². The number of benzene rings is 2. The summed E-state index contributed by atoms with van der Waals surface area (Å²) >= 11 is 3.13. The van der Waals surface area contributed by atoms with Gasteiger partial charge >= 0.3 is 0 Å². The number of hydrogen-bond acceptors (Lipinski definition) is 7. The number of aromatic nitrogens is 1. The number of para-hydroxylation sites is 1. The lowest BCUT2D eigenvalue weighted by Crippen LogP contribution is -2.10. The van der Waals surface area contributed by atoms with Crippen molar-refractivity contribution in [2.24, 2.45) is 0 Å². The number of fused-ring (bicyclic) bond motifs is 1. The van der Waals surface area contributed by atoms with Crippen LogP contribution in [0.15, 0.2) is 58.3 Å². The molecule has 0 fully saturated rings. The number of carbonyl (C=O) groups is 1. The Bertz CT molecular complexity index is 1110. The van der Waals surface area contributed by atoms with Crippen LogP contribution >= 0.6 is 23.1 Å². The van der Waals surface area contributed by atoms with Crippen molar-refractivity contribution in [2.75, 3.05) is 19.5 Å². The van der Waals surface area contributed by atoms with Crippen molar-refractivity contribution in [3.63, 3.8) is 0 Å². The molecule has 0 saturated carbocycles. The largest absolute Gasteiger partial charge is 0.497 e. The minimum absolute atomic E-state index is 0.272. The third-order valence-corrected chi connectivity index (χ3v) is 6.20. The Hall–Kier alpha value is -2.97. The summed E-state index contributed by atoms with van der Waals surface area (Å²) in [5, 5.41) is 6.21. The fourth-order valence-corrected chi connectivity index (χ4v) is 4.58. The number of methoxy groups -OCH3 is 2. The molecule has 0 bridgehead atoms. The zero-order chi connectivity index (χ0) is 20.9. The number of rotatable bonds is 8. The van der Waals surface area contributed by atoms with E-state index in [1.165, 1.54) is 11.3 Å². The molecule has 2 heterocycles. The average Bonchev–Trinajstić information content (AvgIpc) is 3.40. The van der Waals surface area contributed by atoms with Crippen molar-refractivity contribution in [1.29, 1.82) is 0 Å². The second-order valence-corrected chi connectivity index (χ2v) is 8.30. The van der Waals surface area contributed by atoms with Gasteiger partial charge in [-0.25, -0.2) is 4.98 Å². The lowest BCUT2D eigenvalue weighted by molar-refractivity contribution is 0.0998. The molecular weight excluding hydrogens is 420 g/mol. The minimum atomic E-state index is -0.303. The monoisotopic (exact) mass is 440 g/mol. The highest BCUT2D eigenvalue weighted by molar-refractivity contribution is 7.97. The standard InChI is InChI=1S/C22H20N2O4S2/c1-26-17-7-14(8-18(10-17)27-2)11-29-12-16-13-30-22(23-16)24-21(25)20-9-15-5-3-4-6-19(15)28-20/h3-10,13H,11-12H2,1-2H3,(H,23,24,25). The first-order valence-electron chi connectivity index (χ1n) is 9.18. The SMILES string of the molecule is COc1cc(CSCc2csc(NC(=O)c3cc4ccccc4o3)n2)cc(OC)c1. The second-order valence-electron chi connectivity index (χ2n) is 6.46. The van der Waals surface area contributed by atoms with Gasteiger partial charge in [-0.05, 0) is 29.8 Å².